The van der Waals surface area contributed by atoms with E-state index in [2.05, 4.69) is 27.7 Å². The van der Waals surface area contributed by atoms with Gasteiger partial charge in [-0.1, -0.05) is 0 Å². The highest BCUT2D eigenvalue weighted by molar-refractivity contribution is 7.78. The Labute approximate surface area is 64.5 Å². The largest absolute Gasteiger partial charge is 0.354 e. The molecule has 1 heterocycles. The summed E-state index contributed by atoms with van der Waals surface area (Å²) >= 11 is 4.43. The van der Waals surface area contributed by atoms with E-state index in [4.69, 9.17) is 0 Å². The van der Waals surface area contributed by atoms with E-state index < -0.39 is 0 Å². The lowest BCUT2D eigenvalue weighted by atomic mass is 10.1. The summed E-state index contributed by atoms with van der Waals surface area (Å²) in [5.74, 6) is 0.107. The molecule has 1 N–H and O–H groups in total. The van der Waals surface area contributed by atoms with Crippen LogP contribution in [0.15, 0.2) is 4.99 Å². The lowest BCUT2D eigenvalue weighted by Crippen LogP contribution is -2.36. The number of nitrogens with zero attached hydrogens (tertiary/aromatic N) is 1. The van der Waals surface area contributed by atoms with E-state index >= 15 is 0 Å². The summed E-state index contributed by atoms with van der Waals surface area (Å²) in [4.78, 5) is 14.5. The van der Waals surface area contributed by atoms with Crippen LogP contribution in [0, 0.1) is 0 Å². The smallest absolute Gasteiger partial charge is 0.220 e. The van der Waals surface area contributed by atoms with E-state index in [1.165, 1.54) is 0 Å². The van der Waals surface area contributed by atoms with Gasteiger partial charge in [0.05, 0.1) is 11.2 Å². The summed E-state index contributed by atoms with van der Waals surface area (Å²) in [5.41, 5.74) is 0. The topological polar surface area (TPSA) is 41.5 Å². The molecule has 1 aliphatic rings. The third kappa shape index (κ3) is 1.90. The van der Waals surface area contributed by atoms with E-state index in [0.717, 1.165) is 6.42 Å². The molecule has 0 aromatic heterocycles. The van der Waals surface area contributed by atoms with Gasteiger partial charge in [0.25, 0.3) is 0 Å². The SMILES string of the molecule is O=C1CCC(N=C=S)CN1. The highest BCUT2D eigenvalue weighted by Crippen LogP contribution is 2.05. The Kier molecular flexibility index (Phi) is 2.54. The fourth-order valence-electron chi connectivity index (χ4n) is 0.905. The van der Waals surface area contributed by atoms with Gasteiger partial charge in [-0.15, -0.1) is 0 Å². The van der Waals surface area contributed by atoms with Crippen molar-refractivity contribution in [3.05, 3.63) is 0 Å². The second kappa shape index (κ2) is 3.44. The van der Waals surface area contributed by atoms with Crippen molar-refractivity contribution in [2.24, 2.45) is 4.99 Å². The molecule has 1 saturated heterocycles. The van der Waals surface area contributed by atoms with E-state index in [0.29, 0.717) is 13.0 Å². The second-order valence-corrected chi connectivity index (χ2v) is 2.40. The highest BCUT2D eigenvalue weighted by atomic mass is 32.1. The summed E-state index contributed by atoms with van der Waals surface area (Å²) in [6, 6.07) is 0.162. The molecule has 1 aliphatic heterocycles. The molecule has 3 nitrogen and oxygen atoms in total. The van der Waals surface area contributed by atoms with E-state index in [1.54, 1.807) is 0 Å². The van der Waals surface area contributed by atoms with Gasteiger partial charge in [0.2, 0.25) is 5.91 Å². The predicted octanol–water partition coefficient (Wildman–Crippen LogP) is 0.368. The maximum absolute atomic E-state index is 10.6. The molecule has 1 atom stereocenters. The van der Waals surface area contributed by atoms with Gasteiger partial charge >= 0.3 is 0 Å². The van der Waals surface area contributed by atoms with Gasteiger partial charge in [-0.25, -0.2) is 4.99 Å². The van der Waals surface area contributed by atoms with Crippen LogP contribution in [-0.2, 0) is 4.79 Å². The first-order valence-electron chi connectivity index (χ1n) is 3.16. The number of aliphatic imine (C=N–C) groups is 1. The Bertz CT molecular complexity index is 176. The molecule has 0 spiro atoms. The number of rotatable bonds is 1. The monoisotopic (exact) mass is 156 g/mol. The number of hydrogen-bond donors (Lipinski definition) is 1. The zero-order chi connectivity index (χ0) is 7.40. The number of thiocarbonyl (C=S) groups is 1. The summed E-state index contributed by atoms with van der Waals surface area (Å²) in [5, 5.41) is 5.01. The summed E-state index contributed by atoms with van der Waals surface area (Å²) in [6.07, 6.45) is 1.36. The van der Waals surface area contributed by atoms with Gasteiger partial charge in [-0.05, 0) is 18.6 Å². The lowest BCUT2D eigenvalue weighted by molar-refractivity contribution is -0.122. The lowest BCUT2D eigenvalue weighted by Gasteiger charge is -2.16. The number of isothiocyanates is 1. The van der Waals surface area contributed by atoms with Crippen LogP contribution in [0.4, 0.5) is 0 Å². The zero-order valence-electron chi connectivity index (χ0n) is 5.46. The number of hydrogen-bond acceptors (Lipinski definition) is 3. The first kappa shape index (κ1) is 7.38. The molecule has 1 rings (SSSR count). The van der Waals surface area contributed by atoms with Crippen molar-refractivity contribution in [1.29, 1.82) is 0 Å². The van der Waals surface area contributed by atoms with Crippen molar-refractivity contribution in [2.45, 2.75) is 18.9 Å². The molecule has 0 bridgehead atoms. The molecule has 54 valence electrons. The molecule has 10 heavy (non-hydrogen) atoms. The van der Waals surface area contributed by atoms with E-state index in [9.17, 15) is 4.79 Å². The fourth-order valence-corrected chi connectivity index (χ4v) is 1.05. The third-order valence-electron chi connectivity index (χ3n) is 1.47. The van der Waals surface area contributed by atoms with Crippen LogP contribution in [-0.4, -0.2) is 23.7 Å². The maximum atomic E-state index is 10.6. The Morgan fingerprint density at radius 3 is 3.10 bits per heavy atom. The number of amides is 1. The van der Waals surface area contributed by atoms with Gasteiger partial charge in [-0.3, -0.25) is 4.79 Å². The van der Waals surface area contributed by atoms with Crippen molar-refractivity contribution >= 4 is 23.3 Å². The van der Waals surface area contributed by atoms with Crippen LogP contribution in [0.25, 0.3) is 0 Å². The van der Waals surface area contributed by atoms with Gasteiger partial charge in [0.15, 0.2) is 0 Å². The molecule has 0 aromatic rings. The van der Waals surface area contributed by atoms with Gasteiger partial charge < -0.3 is 5.32 Å². The Hall–Kier alpha value is -0.730. The minimum absolute atomic E-state index is 0.107. The predicted molar refractivity (Wildman–Crippen MR) is 41.1 cm³/mol. The third-order valence-corrected chi connectivity index (χ3v) is 1.58. The van der Waals surface area contributed by atoms with Crippen LogP contribution in [0.1, 0.15) is 12.8 Å². The summed E-state index contributed by atoms with van der Waals surface area (Å²) in [6.45, 7) is 0.614. The van der Waals surface area contributed by atoms with E-state index in [-0.39, 0.29) is 11.9 Å². The average molecular weight is 156 g/mol. The summed E-state index contributed by atoms with van der Waals surface area (Å²) < 4.78 is 0. The number of nitrogens with one attached hydrogen (secondary N) is 1. The molecule has 0 aliphatic carbocycles. The van der Waals surface area contributed by atoms with Gasteiger partial charge in [0.1, 0.15) is 0 Å². The molecule has 1 fully saturated rings. The molecule has 0 saturated carbocycles. The van der Waals surface area contributed by atoms with E-state index in [1.807, 2.05) is 0 Å². The van der Waals surface area contributed by atoms with Gasteiger partial charge in [-0.2, -0.15) is 0 Å². The molecule has 0 aromatic carbocycles. The minimum atomic E-state index is 0.107. The van der Waals surface area contributed by atoms with Crippen molar-refractivity contribution in [2.75, 3.05) is 6.54 Å². The first-order chi connectivity index (χ1) is 4.83. The number of piperidine rings is 1. The Balaban J connectivity index is 2.39. The molecule has 1 amide bonds. The van der Waals surface area contributed by atoms with Crippen LogP contribution in [0.3, 0.4) is 0 Å². The molecular formula is C6H8N2OS. The van der Waals surface area contributed by atoms with Crippen molar-refractivity contribution in [1.82, 2.24) is 5.32 Å². The molecule has 4 heteroatoms. The second-order valence-electron chi connectivity index (χ2n) is 2.22. The summed E-state index contributed by atoms with van der Waals surface area (Å²) in [7, 11) is 0. The zero-order valence-corrected chi connectivity index (χ0v) is 6.28. The fraction of sp³-hybridized carbons (Fsp3) is 0.667. The maximum Gasteiger partial charge on any atom is 0.220 e. The van der Waals surface area contributed by atoms with Crippen molar-refractivity contribution < 1.29 is 4.79 Å². The van der Waals surface area contributed by atoms with Crippen molar-refractivity contribution in [3.63, 3.8) is 0 Å². The Morgan fingerprint density at radius 2 is 2.60 bits per heavy atom. The number of carbonyl (C=O) groups excluding carboxylic acids is 1. The molecule has 0 radical (unpaired) electrons. The molecular weight excluding hydrogens is 148 g/mol. The minimum Gasteiger partial charge on any atom is -0.354 e. The van der Waals surface area contributed by atoms with Crippen LogP contribution < -0.4 is 5.32 Å². The van der Waals surface area contributed by atoms with Crippen LogP contribution >= 0.6 is 12.2 Å². The standard InChI is InChI=1S/C6H8N2OS/c9-6-2-1-5(3-7-6)8-4-10/h5H,1-3H2,(H,7,9). The van der Waals surface area contributed by atoms with Crippen LogP contribution in [0.2, 0.25) is 0 Å². The molecule has 1 unspecified atom stereocenters. The van der Waals surface area contributed by atoms with Crippen LogP contribution in [0.5, 0.6) is 0 Å². The average Bonchev–Trinajstić information content (AvgIpc) is 1.95. The number of carbonyl (C=O) groups is 1. The van der Waals surface area contributed by atoms with Crippen molar-refractivity contribution in [3.8, 4) is 0 Å². The highest BCUT2D eigenvalue weighted by Gasteiger charge is 2.15. The normalized spacial score (nSPS) is 24.8. The quantitative estimate of drug-likeness (QED) is 0.440. The Morgan fingerprint density at radius 1 is 1.80 bits per heavy atom. The first-order valence-corrected chi connectivity index (χ1v) is 3.57. The van der Waals surface area contributed by atoms with Gasteiger partial charge in [0, 0.05) is 13.0 Å².